The summed E-state index contributed by atoms with van der Waals surface area (Å²) in [6.45, 7) is 0. The molecule has 0 spiro atoms. The average molecular weight is 234 g/mol. The van der Waals surface area contributed by atoms with Gasteiger partial charge < -0.3 is 5.73 Å². The van der Waals surface area contributed by atoms with Crippen LogP contribution in [0.15, 0.2) is 24.2 Å². The van der Waals surface area contributed by atoms with Crippen LogP contribution >= 0.6 is 11.6 Å². The Morgan fingerprint density at radius 1 is 1.47 bits per heavy atom. The normalized spacial score (nSPS) is 46.4. The lowest BCUT2D eigenvalue weighted by Crippen LogP contribution is -2.47. The lowest BCUT2D eigenvalue weighted by Gasteiger charge is -2.32. The van der Waals surface area contributed by atoms with E-state index in [1.54, 1.807) is 0 Å². The second-order valence-corrected chi connectivity index (χ2v) is 3.47. The van der Waals surface area contributed by atoms with Gasteiger partial charge in [0.2, 0.25) is 0 Å². The molecule has 2 nitrogen and oxygen atoms in total. The molecule has 80 valence electrons. The molecule has 1 aliphatic carbocycles. The van der Waals surface area contributed by atoms with Gasteiger partial charge in [0.05, 0.1) is 5.48 Å². The summed E-state index contributed by atoms with van der Waals surface area (Å²) in [4.78, 5) is 12.7. The van der Waals surface area contributed by atoms with Gasteiger partial charge in [0, 0.05) is 19.6 Å². The van der Waals surface area contributed by atoms with Crippen LogP contribution in [0.3, 0.4) is 0 Å². The number of benzene rings is 1. The molecule has 0 aromatic heterocycles. The third-order valence-corrected chi connectivity index (χ3v) is 2.41. The van der Waals surface area contributed by atoms with Crippen LogP contribution < -0.4 is 5.73 Å². The lowest BCUT2D eigenvalue weighted by molar-refractivity contribution is -0.126. The number of ketones is 1. The summed E-state index contributed by atoms with van der Waals surface area (Å²) in [5.74, 6) is -1.54. The summed E-state index contributed by atoms with van der Waals surface area (Å²) in [5.41, 5.74) is 2.75. The molecule has 0 bridgehead atoms. The van der Waals surface area contributed by atoms with Gasteiger partial charge >= 0.3 is 0 Å². The van der Waals surface area contributed by atoms with E-state index in [2.05, 4.69) is 0 Å². The fraction of sp³-hybridized carbons (Fsp3) is 0.417. The third kappa shape index (κ3) is 1.80. The monoisotopic (exact) mass is 233 g/mol. The first-order chi connectivity index (χ1) is 11.0. The number of hydrogen-bond donors (Lipinski definition) is 1. The van der Waals surface area contributed by atoms with Crippen LogP contribution in [0.25, 0.3) is 0 Å². The highest BCUT2D eigenvalue weighted by Crippen LogP contribution is 2.35. The standard InChI is InChI=1S/C12H14ClNO/c13-10-6-2-1-5-9(10)12(14)8-4-3-7-11(12)15/h1-2,5-6H,3-4,7-8,14H2/i1D,2D,3D2,4D2,5D,6D,7D2. The highest BCUT2D eigenvalue weighted by molar-refractivity contribution is 6.31. The number of halogens is 1. The van der Waals surface area contributed by atoms with Crippen LogP contribution in [-0.2, 0) is 10.3 Å². The first-order valence-corrected chi connectivity index (χ1v) is 4.52. The highest BCUT2D eigenvalue weighted by atomic mass is 35.5. The number of hydrogen-bond acceptors (Lipinski definition) is 2. The van der Waals surface area contributed by atoms with Crippen molar-refractivity contribution in [1.29, 1.82) is 0 Å². The Hall–Kier alpha value is -0.860. The Balaban J connectivity index is 2.87. The van der Waals surface area contributed by atoms with Crippen molar-refractivity contribution in [3.8, 4) is 0 Å². The molecule has 0 aliphatic heterocycles. The first-order valence-electron chi connectivity index (χ1n) is 9.14. The maximum atomic E-state index is 12.7. The molecular weight excluding hydrogens is 210 g/mol. The van der Waals surface area contributed by atoms with Crippen molar-refractivity contribution in [2.24, 2.45) is 5.73 Å². The van der Waals surface area contributed by atoms with Crippen LogP contribution in [0.2, 0.25) is 5.02 Å². The van der Waals surface area contributed by atoms with E-state index in [0.717, 1.165) is 0 Å². The van der Waals surface area contributed by atoms with Crippen LogP contribution in [0.5, 0.6) is 0 Å². The Labute approximate surface area is 108 Å². The fourth-order valence-corrected chi connectivity index (χ4v) is 1.55. The van der Waals surface area contributed by atoms with Crippen LogP contribution in [0, 0.1) is 0 Å². The van der Waals surface area contributed by atoms with E-state index in [1.807, 2.05) is 0 Å². The van der Waals surface area contributed by atoms with Gasteiger partial charge in [0.15, 0.2) is 5.78 Å². The summed E-state index contributed by atoms with van der Waals surface area (Å²) < 4.78 is 77.5. The number of rotatable bonds is 1. The maximum absolute atomic E-state index is 12.7. The molecule has 0 saturated heterocycles. The molecule has 1 saturated carbocycles. The quantitative estimate of drug-likeness (QED) is 0.811. The van der Waals surface area contributed by atoms with Gasteiger partial charge in [-0.3, -0.25) is 4.79 Å². The van der Waals surface area contributed by atoms with Crippen LogP contribution in [0.4, 0.5) is 0 Å². The molecule has 1 aromatic rings. The highest BCUT2D eigenvalue weighted by Gasteiger charge is 2.38. The summed E-state index contributed by atoms with van der Waals surface area (Å²) in [7, 11) is 0. The zero-order valence-corrected chi connectivity index (χ0v) is 8.33. The minimum absolute atomic E-state index is 0.629. The predicted octanol–water partition coefficient (Wildman–Crippen LogP) is 2.64. The molecule has 0 amide bonds. The second kappa shape index (κ2) is 3.95. The van der Waals surface area contributed by atoms with Crippen molar-refractivity contribution in [2.75, 3.05) is 0 Å². The Bertz CT molecular complexity index is 751. The molecule has 1 aliphatic rings. The number of Topliss-reactive ketones (excluding diaryl/α,β-unsaturated/α-hetero) is 1. The van der Waals surface area contributed by atoms with E-state index in [0.29, 0.717) is 0 Å². The van der Waals surface area contributed by atoms with Gasteiger partial charge in [-0.15, -0.1) is 0 Å². The van der Waals surface area contributed by atoms with E-state index in [1.165, 1.54) is 0 Å². The van der Waals surface area contributed by atoms with Gasteiger partial charge in [-0.25, -0.2) is 0 Å². The van der Waals surface area contributed by atoms with E-state index in [4.69, 9.17) is 31.0 Å². The van der Waals surface area contributed by atoms with Crippen molar-refractivity contribution in [1.82, 2.24) is 0 Å². The molecule has 15 heavy (non-hydrogen) atoms. The van der Waals surface area contributed by atoms with Crippen LogP contribution in [-0.4, -0.2) is 5.78 Å². The average Bonchev–Trinajstić information content (AvgIpc) is 2.48. The zero-order valence-electron chi connectivity index (χ0n) is 17.6. The minimum Gasteiger partial charge on any atom is -0.315 e. The molecule has 1 aromatic carbocycles. The van der Waals surface area contributed by atoms with Gasteiger partial charge in [-0.2, -0.15) is 0 Å². The van der Waals surface area contributed by atoms with Crippen molar-refractivity contribution in [3.63, 3.8) is 0 Å². The van der Waals surface area contributed by atoms with Gasteiger partial charge in [0.25, 0.3) is 0 Å². The maximum Gasteiger partial charge on any atom is 0.157 e. The summed E-state index contributed by atoms with van der Waals surface area (Å²) in [5, 5.41) is -0.629. The summed E-state index contributed by atoms with van der Waals surface area (Å²) >= 11 is 5.94. The molecule has 0 radical (unpaired) electrons. The Kier molecular flexibility index (Phi) is 1.02. The summed E-state index contributed by atoms with van der Waals surface area (Å²) in [6.07, 6.45) is -10.5. The van der Waals surface area contributed by atoms with Crippen molar-refractivity contribution < 1.29 is 18.5 Å². The molecule has 0 heterocycles. The first kappa shape index (κ1) is 3.86. The summed E-state index contributed by atoms with van der Waals surface area (Å²) in [6, 6.07) is -2.95. The predicted molar refractivity (Wildman–Crippen MR) is 60.8 cm³/mol. The van der Waals surface area contributed by atoms with Crippen molar-refractivity contribution in [2.45, 2.75) is 31.1 Å². The molecular formula is C12H14ClNO. The smallest absolute Gasteiger partial charge is 0.157 e. The zero-order chi connectivity index (χ0) is 19.7. The molecule has 2 rings (SSSR count). The Morgan fingerprint density at radius 2 is 2.20 bits per heavy atom. The van der Waals surface area contributed by atoms with Crippen molar-refractivity contribution in [3.05, 3.63) is 34.8 Å². The topological polar surface area (TPSA) is 43.1 Å². The van der Waals surface area contributed by atoms with Gasteiger partial charge in [0.1, 0.15) is 5.54 Å². The molecule has 1 fully saturated rings. The molecule has 3 heteroatoms. The SMILES string of the molecule is [2H]c1c([2H])c([2H])c(C2(N)CC([2H])([2H])C([2H])([2H])C([2H])([2H])C2=O)c(Cl)c1[2H]. The van der Waals surface area contributed by atoms with Crippen LogP contribution in [0.1, 0.15) is 44.8 Å². The molecule has 2 N–H and O–H groups in total. The number of carbonyl (C=O) groups excluding carboxylic acids is 1. The second-order valence-electron chi connectivity index (χ2n) is 3.09. The van der Waals surface area contributed by atoms with Gasteiger partial charge in [-0.1, -0.05) is 36.1 Å². The van der Waals surface area contributed by atoms with Crippen molar-refractivity contribution >= 4 is 17.4 Å². The van der Waals surface area contributed by atoms with E-state index in [-0.39, 0.29) is 0 Å². The Morgan fingerprint density at radius 3 is 3.00 bits per heavy atom. The lowest BCUT2D eigenvalue weighted by atomic mass is 9.76. The largest absolute Gasteiger partial charge is 0.315 e. The fourth-order valence-electron chi connectivity index (χ4n) is 1.28. The van der Waals surface area contributed by atoms with E-state index >= 15 is 0 Å². The molecule has 1 atom stereocenters. The van der Waals surface area contributed by atoms with Gasteiger partial charge in [-0.05, 0) is 24.4 Å². The van der Waals surface area contributed by atoms with E-state index < -0.39 is 71.6 Å². The minimum atomic E-state index is -3.34. The number of carbonyl (C=O) groups is 1. The molecule has 1 unspecified atom stereocenters. The third-order valence-electron chi connectivity index (χ3n) is 2.12. The van der Waals surface area contributed by atoms with E-state index in [9.17, 15) is 4.79 Å². The number of nitrogens with two attached hydrogens (primary N) is 1.